The summed E-state index contributed by atoms with van der Waals surface area (Å²) in [6, 6.07) is 7.05. The molecular formula is C14H18N2O2S. The Hall–Kier alpha value is -1.62. The van der Waals surface area contributed by atoms with E-state index in [9.17, 15) is 8.42 Å². The zero-order valence-corrected chi connectivity index (χ0v) is 12.0. The molecule has 19 heavy (non-hydrogen) atoms. The van der Waals surface area contributed by atoms with E-state index >= 15 is 0 Å². The summed E-state index contributed by atoms with van der Waals surface area (Å²) < 4.78 is 25.6. The van der Waals surface area contributed by atoms with E-state index in [1.54, 1.807) is 12.1 Å². The lowest BCUT2D eigenvalue weighted by Gasteiger charge is -2.05. The van der Waals surface area contributed by atoms with Crippen LogP contribution in [-0.2, 0) is 16.4 Å². The first-order valence-corrected chi connectivity index (χ1v) is 7.84. The number of aryl methyl sites for hydroxylation is 2. The molecule has 0 aliphatic heterocycles. The summed E-state index contributed by atoms with van der Waals surface area (Å²) in [5.41, 5.74) is 1.99. The molecular weight excluding hydrogens is 260 g/mol. The van der Waals surface area contributed by atoms with Gasteiger partial charge in [-0.15, -0.1) is 0 Å². The van der Waals surface area contributed by atoms with Gasteiger partial charge in [0.2, 0.25) is 0 Å². The van der Waals surface area contributed by atoms with Crippen molar-refractivity contribution in [3.8, 4) is 0 Å². The van der Waals surface area contributed by atoms with E-state index in [2.05, 4.69) is 12.0 Å². The number of rotatable bonds is 5. The molecule has 0 N–H and O–H groups in total. The van der Waals surface area contributed by atoms with Crippen LogP contribution in [0.1, 0.15) is 30.9 Å². The Balaban J connectivity index is 2.26. The maximum atomic E-state index is 12.3. The third-order valence-electron chi connectivity index (χ3n) is 2.98. The Morgan fingerprint density at radius 2 is 1.89 bits per heavy atom. The molecule has 0 saturated heterocycles. The summed E-state index contributed by atoms with van der Waals surface area (Å²) in [6.45, 7) is 3.95. The van der Waals surface area contributed by atoms with Gasteiger partial charge in [-0.3, -0.25) is 0 Å². The van der Waals surface area contributed by atoms with Crippen molar-refractivity contribution in [2.45, 2.75) is 38.0 Å². The number of nitrogens with zero attached hydrogens (tertiary/aromatic N) is 2. The van der Waals surface area contributed by atoms with Gasteiger partial charge in [0.05, 0.1) is 11.1 Å². The number of aromatic nitrogens is 2. The number of hydrogen-bond donors (Lipinski definition) is 0. The van der Waals surface area contributed by atoms with Crippen LogP contribution in [0.4, 0.5) is 0 Å². The quantitative estimate of drug-likeness (QED) is 0.845. The van der Waals surface area contributed by atoms with E-state index in [4.69, 9.17) is 0 Å². The first-order valence-electron chi connectivity index (χ1n) is 6.40. The van der Waals surface area contributed by atoms with Gasteiger partial charge >= 0.3 is 0 Å². The third-order valence-corrected chi connectivity index (χ3v) is 4.54. The normalized spacial score (nSPS) is 11.7. The smallest absolute Gasteiger partial charge is 0.199 e. The standard InChI is InChI=1S/C14H18N2O2S/c1-3-4-5-13-6-8-14(9-7-13)19(17,18)16-11-12(2)10-15-16/h6-11H,3-5H2,1-2H3. The predicted octanol–water partition coefficient (Wildman–Crippen LogP) is 2.77. The van der Waals surface area contributed by atoms with Crippen LogP contribution in [0.3, 0.4) is 0 Å². The highest BCUT2D eigenvalue weighted by atomic mass is 32.2. The van der Waals surface area contributed by atoms with Gasteiger partial charge in [0.15, 0.2) is 0 Å². The van der Waals surface area contributed by atoms with E-state index in [0.717, 1.165) is 34.5 Å². The highest BCUT2D eigenvalue weighted by molar-refractivity contribution is 7.89. The Labute approximate surface area is 114 Å². The molecule has 0 aliphatic rings. The second-order valence-electron chi connectivity index (χ2n) is 4.64. The molecule has 102 valence electrons. The fourth-order valence-electron chi connectivity index (χ4n) is 1.84. The molecule has 2 rings (SSSR count). The highest BCUT2D eigenvalue weighted by Gasteiger charge is 2.17. The summed E-state index contributed by atoms with van der Waals surface area (Å²) in [7, 11) is -3.55. The Kier molecular flexibility index (Phi) is 4.04. The maximum absolute atomic E-state index is 12.3. The highest BCUT2D eigenvalue weighted by Crippen LogP contribution is 2.15. The SMILES string of the molecule is CCCCc1ccc(S(=O)(=O)n2cc(C)cn2)cc1. The summed E-state index contributed by atoms with van der Waals surface area (Å²) in [5, 5.41) is 3.86. The minimum Gasteiger partial charge on any atom is -0.199 e. The van der Waals surface area contributed by atoms with Crippen molar-refractivity contribution in [1.29, 1.82) is 0 Å². The fraction of sp³-hybridized carbons (Fsp3) is 0.357. The predicted molar refractivity (Wildman–Crippen MR) is 74.6 cm³/mol. The van der Waals surface area contributed by atoms with Crippen molar-refractivity contribution in [2.75, 3.05) is 0 Å². The molecule has 1 heterocycles. The molecule has 4 nitrogen and oxygen atoms in total. The van der Waals surface area contributed by atoms with Gasteiger partial charge in [-0.1, -0.05) is 25.5 Å². The minimum atomic E-state index is -3.55. The molecule has 2 aromatic rings. The molecule has 0 bridgehead atoms. The maximum Gasteiger partial charge on any atom is 0.282 e. The monoisotopic (exact) mass is 278 g/mol. The molecule has 0 aliphatic carbocycles. The van der Waals surface area contributed by atoms with Gasteiger partial charge < -0.3 is 0 Å². The Morgan fingerprint density at radius 3 is 2.42 bits per heavy atom. The van der Waals surface area contributed by atoms with Crippen LogP contribution >= 0.6 is 0 Å². The third kappa shape index (κ3) is 3.04. The van der Waals surface area contributed by atoms with Crippen LogP contribution in [0.2, 0.25) is 0 Å². The summed E-state index contributed by atoms with van der Waals surface area (Å²) in [5.74, 6) is 0. The second-order valence-corrected chi connectivity index (χ2v) is 6.44. The lowest BCUT2D eigenvalue weighted by atomic mass is 10.1. The number of unbranched alkanes of at least 4 members (excludes halogenated alkanes) is 1. The van der Waals surface area contributed by atoms with Crippen LogP contribution < -0.4 is 0 Å². The summed E-state index contributed by atoms with van der Waals surface area (Å²) in [4.78, 5) is 0.274. The molecule has 0 amide bonds. The first kappa shape index (κ1) is 13.8. The van der Waals surface area contributed by atoms with Gasteiger partial charge in [-0.25, -0.2) is 0 Å². The van der Waals surface area contributed by atoms with Crippen molar-refractivity contribution >= 4 is 10.0 Å². The average molecular weight is 278 g/mol. The molecule has 1 aromatic heterocycles. The average Bonchev–Trinajstić information content (AvgIpc) is 2.84. The fourth-order valence-corrected chi connectivity index (χ4v) is 3.01. The number of benzene rings is 1. The van der Waals surface area contributed by atoms with E-state index in [1.807, 2.05) is 19.1 Å². The largest absolute Gasteiger partial charge is 0.282 e. The first-order chi connectivity index (χ1) is 9.04. The van der Waals surface area contributed by atoms with Crippen molar-refractivity contribution in [3.05, 3.63) is 47.8 Å². The number of hydrogen-bond acceptors (Lipinski definition) is 3. The van der Waals surface area contributed by atoms with E-state index in [1.165, 1.54) is 12.4 Å². The van der Waals surface area contributed by atoms with Crippen molar-refractivity contribution < 1.29 is 8.42 Å². The molecule has 0 radical (unpaired) electrons. The van der Waals surface area contributed by atoms with Gasteiger partial charge in [0, 0.05) is 6.20 Å². The molecule has 0 saturated carbocycles. The Bertz CT molecular complexity index is 642. The summed E-state index contributed by atoms with van der Waals surface area (Å²) in [6.07, 6.45) is 6.28. The molecule has 1 aromatic carbocycles. The van der Waals surface area contributed by atoms with Crippen LogP contribution in [0.25, 0.3) is 0 Å². The second kappa shape index (κ2) is 5.57. The van der Waals surface area contributed by atoms with Gasteiger partial charge in [0.25, 0.3) is 10.0 Å². The van der Waals surface area contributed by atoms with Crippen molar-refractivity contribution in [3.63, 3.8) is 0 Å². The summed E-state index contributed by atoms with van der Waals surface area (Å²) >= 11 is 0. The van der Waals surface area contributed by atoms with Crippen LogP contribution in [0.15, 0.2) is 41.6 Å². The van der Waals surface area contributed by atoms with Crippen molar-refractivity contribution in [1.82, 2.24) is 9.19 Å². The van der Waals surface area contributed by atoms with Crippen LogP contribution in [0, 0.1) is 6.92 Å². The minimum absolute atomic E-state index is 0.274. The van der Waals surface area contributed by atoms with Gasteiger partial charge in [-0.2, -0.15) is 17.6 Å². The van der Waals surface area contributed by atoms with Gasteiger partial charge in [0.1, 0.15) is 0 Å². The van der Waals surface area contributed by atoms with Crippen LogP contribution in [0.5, 0.6) is 0 Å². The van der Waals surface area contributed by atoms with Crippen LogP contribution in [-0.4, -0.2) is 17.6 Å². The lowest BCUT2D eigenvalue weighted by molar-refractivity contribution is 0.580. The van der Waals surface area contributed by atoms with E-state index < -0.39 is 10.0 Å². The molecule has 5 heteroatoms. The molecule has 0 fully saturated rings. The van der Waals surface area contributed by atoms with E-state index in [-0.39, 0.29) is 4.90 Å². The molecule has 0 spiro atoms. The van der Waals surface area contributed by atoms with Gasteiger partial charge in [-0.05, 0) is 43.0 Å². The lowest BCUT2D eigenvalue weighted by Crippen LogP contribution is -2.13. The van der Waals surface area contributed by atoms with E-state index in [0.29, 0.717) is 0 Å². The zero-order chi connectivity index (χ0) is 13.9. The Morgan fingerprint density at radius 1 is 1.21 bits per heavy atom. The zero-order valence-electron chi connectivity index (χ0n) is 11.2. The molecule has 0 atom stereocenters. The molecule has 0 unspecified atom stereocenters. The topological polar surface area (TPSA) is 52.0 Å². The van der Waals surface area contributed by atoms with Crippen molar-refractivity contribution in [2.24, 2.45) is 0 Å².